The van der Waals surface area contributed by atoms with Crippen LogP contribution in [-0.2, 0) is 4.79 Å². The van der Waals surface area contributed by atoms with Crippen molar-refractivity contribution in [3.05, 3.63) is 60.2 Å². The van der Waals surface area contributed by atoms with Gasteiger partial charge in [-0.15, -0.1) is 0 Å². The Labute approximate surface area is 133 Å². The molecule has 1 aliphatic rings. The molecule has 0 unspecified atom stereocenters. The lowest BCUT2D eigenvalue weighted by molar-refractivity contribution is -0.120. The van der Waals surface area contributed by atoms with Crippen LogP contribution >= 0.6 is 0 Å². The van der Waals surface area contributed by atoms with Crippen molar-refractivity contribution in [2.45, 2.75) is 12.5 Å². The Kier molecular flexibility index (Phi) is 3.23. The maximum absolute atomic E-state index is 12.4. The highest BCUT2D eigenvalue weighted by Crippen LogP contribution is 2.26. The predicted molar refractivity (Wildman–Crippen MR) is 90.3 cm³/mol. The predicted octanol–water partition coefficient (Wildman–Crippen LogP) is 2.61. The number of hydrogen-bond donors (Lipinski definition) is 2. The highest BCUT2D eigenvalue weighted by Gasteiger charge is 2.25. The van der Waals surface area contributed by atoms with Crippen molar-refractivity contribution < 1.29 is 9.59 Å². The number of carbonyl (C=O) groups excluding carboxylic acids is 2. The van der Waals surface area contributed by atoms with Crippen molar-refractivity contribution in [2.75, 3.05) is 6.54 Å². The van der Waals surface area contributed by atoms with Gasteiger partial charge in [0.1, 0.15) is 6.04 Å². The fraction of sp³-hybridized carbons (Fsp3) is 0.158. The van der Waals surface area contributed by atoms with E-state index in [1.807, 2.05) is 24.3 Å². The van der Waals surface area contributed by atoms with Gasteiger partial charge in [0.25, 0.3) is 5.91 Å². The van der Waals surface area contributed by atoms with E-state index >= 15 is 0 Å². The van der Waals surface area contributed by atoms with Gasteiger partial charge in [0.05, 0.1) is 0 Å². The first-order valence-corrected chi connectivity index (χ1v) is 7.72. The first-order valence-electron chi connectivity index (χ1n) is 7.72. The van der Waals surface area contributed by atoms with E-state index in [1.54, 1.807) is 6.07 Å². The minimum Gasteiger partial charge on any atom is -0.354 e. The summed E-state index contributed by atoms with van der Waals surface area (Å²) in [6, 6.07) is 17.5. The van der Waals surface area contributed by atoms with Crippen LogP contribution in [0.25, 0.3) is 21.5 Å². The molecule has 4 heteroatoms. The van der Waals surface area contributed by atoms with Crippen LogP contribution in [-0.4, -0.2) is 24.4 Å². The highest BCUT2D eigenvalue weighted by atomic mass is 16.2. The zero-order chi connectivity index (χ0) is 15.8. The van der Waals surface area contributed by atoms with Crippen LogP contribution < -0.4 is 10.6 Å². The minimum absolute atomic E-state index is 0.107. The maximum atomic E-state index is 12.4. The number of carbonyl (C=O) groups is 2. The molecule has 3 aromatic rings. The van der Waals surface area contributed by atoms with Crippen LogP contribution in [0.5, 0.6) is 0 Å². The summed E-state index contributed by atoms with van der Waals surface area (Å²) in [5, 5.41) is 9.95. The molecular weight excluding hydrogens is 288 g/mol. The van der Waals surface area contributed by atoms with Crippen molar-refractivity contribution in [2.24, 2.45) is 0 Å². The quantitative estimate of drug-likeness (QED) is 0.715. The van der Waals surface area contributed by atoms with Crippen molar-refractivity contribution in [3.63, 3.8) is 0 Å². The van der Waals surface area contributed by atoms with Gasteiger partial charge in [-0.2, -0.15) is 0 Å². The average Bonchev–Trinajstić information content (AvgIpc) is 2.99. The Hall–Kier alpha value is -2.88. The van der Waals surface area contributed by atoms with Crippen LogP contribution in [0.15, 0.2) is 54.6 Å². The highest BCUT2D eigenvalue weighted by molar-refractivity contribution is 6.10. The summed E-state index contributed by atoms with van der Waals surface area (Å²) >= 11 is 0. The van der Waals surface area contributed by atoms with Gasteiger partial charge in [-0.3, -0.25) is 9.59 Å². The third-order valence-electron chi connectivity index (χ3n) is 4.36. The first kappa shape index (κ1) is 13.8. The summed E-state index contributed by atoms with van der Waals surface area (Å²) < 4.78 is 0. The summed E-state index contributed by atoms with van der Waals surface area (Å²) in [6.45, 7) is 0.617. The molecule has 1 fully saturated rings. The number of amides is 2. The van der Waals surface area contributed by atoms with Gasteiger partial charge in [-0.05, 0) is 40.1 Å². The molecule has 114 valence electrons. The van der Waals surface area contributed by atoms with Gasteiger partial charge in [0, 0.05) is 12.1 Å². The summed E-state index contributed by atoms with van der Waals surface area (Å²) in [5.74, 6) is -0.313. The van der Waals surface area contributed by atoms with E-state index in [0.717, 1.165) is 21.5 Å². The van der Waals surface area contributed by atoms with Crippen LogP contribution in [0.2, 0.25) is 0 Å². The Morgan fingerprint density at radius 2 is 1.74 bits per heavy atom. The molecule has 1 heterocycles. The summed E-state index contributed by atoms with van der Waals surface area (Å²) in [7, 11) is 0. The number of hydrogen-bond acceptors (Lipinski definition) is 2. The first-order chi connectivity index (χ1) is 11.2. The van der Waals surface area contributed by atoms with E-state index in [9.17, 15) is 9.59 Å². The molecule has 0 saturated carbocycles. The third kappa shape index (κ3) is 2.42. The van der Waals surface area contributed by atoms with Crippen molar-refractivity contribution >= 4 is 33.4 Å². The smallest absolute Gasteiger partial charge is 0.251 e. The normalized spacial score (nSPS) is 17.4. The lowest BCUT2D eigenvalue weighted by atomic mass is 10.00. The monoisotopic (exact) mass is 304 g/mol. The second kappa shape index (κ2) is 5.39. The van der Waals surface area contributed by atoms with Crippen molar-refractivity contribution in [3.8, 4) is 0 Å². The van der Waals surface area contributed by atoms with Gasteiger partial charge in [0.15, 0.2) is 0 Å². The van der Waals surface area contributed by atoms with Crippen LogP contribution in [0, 0.1) is 0 Å². The van der Waals surface area contributed by atoms with Gasteiger partial charge >= 0.3 is 0 Å². The minimum atomic E-state index is -0.425. The van der Waals surface area contributed by atoms with Crippen LogP contribution in [0.1, 0.15) is 16.8 Å². The Bertz CT molecular complexity index is 933. The van der Waals surface area contributed by atoms with Gasteiger partial charge in [-0.25, -0.2) is 0 Å². The van der Waals surface area contributed by atoms with Crippen molar-refractivity contribution in [1.82, 2.24) is 10.6 Å². The molecule has 2 N–H and O–H groups in total. The van der Waals surface area contributed by atoms with Crippen LogP contribution in [0.3, 0.4) is 0 Å². The summed E-state index contributed by atoms with van der Waals surface area (Å²) in [5.41, 5.74) is 0.577. The molecule has 1 atom stereocenters. The summed E-state index contributed by atoms with van der Waals surface area (Å²) in [4.78, 5) is 24.0. The molecule has 0 bridgehead atoms. The molecule has 3 aromatic carbocycles. The SMILES string of the molecule is O=C(N[C@H]1CCNC1=O)c1ccc2ccc3ccccc3c2c1. The van der Waals surface area contributed by atoms with Crippen molar-refractivity contribution in [1.29, 1.82) is 0 Å². The Morgan fingerprint density at radius 3 is 2.52 bits per heavy atom. The molecule has 4 rings (SSSR count). The van der Waals surface area contributed by atoms with E-state index in [-0.39, 0.29) is 11.8 Å². The molecule has 0 aromatic heterocycles. The molecule has 2 amide bonds. The van der Waals surface area contributed by atoms with E-state index in [4.69, 9.17) is 0 Å². The standard InChI is InChI=1S/C19H16N2O2/c22-18(21-17-9-10-20-19(17)23)14-8-7-13-6-5-12-3-1-2-4-15(12)16(13)11-14/h1-8,11,17H,9-10H2,(H,20,23)(H,21,22)/t17-/m0/s1. The van der Waals surface area contributed by atoms with Crippen LogP contribution in [0.4, 0.5) is 0 Å². The van der Waals surface area contributed by atoms with E-state index < -0.39 is 6.04 Å². The molecule has 1 aliphatic heterocycles. The number of rotatable bonds is 2. The average molecular weight is 304 g/mol. The fourth-order valence-corrected chi connectivity index (χ4v) is 3.12. The van der Waals surface area contributed by atoms with Gasteiger partial charge in [0.2, 0.25) is 5.91 Å². The zero-order valence-electron chi connectivity index (χ0n) is 12.5. The molecule has 0 spiro atoms. The number of nitrogens with one attached hydrogen (secondary N) is 2. The maximum Gasteiger partial charge on any atom is 0.251 e. The molecular formula is C19H16N2O2. The second-order valence-corrected chi connectivity index (χ2v) is 5.83. The summed E-state index contributed by atoms with van der Waals surface area (Å²) in [6.07, 6.45) is 0.640. The van der Waals surface area contributed by atoms with E-state index in [0.29, 0.717) is 18.5 Å². The fourth-order valence-electron chi connectivity index (χ4n) is 3.12. The van der Waals surface area contributed by atoms with E-state index in [2.05, 4.69) is 34.9 Å². The Morgan fingerprint density at radius 1 is 1.00 bits per heavy atom. The van der Waals surface area contributed by atoms with Gasteiger partial charge < -0.3 is 10.6 Å². The van der Waals surface area contributed by atoms with Gasteiger partial charge in [-0.1, -0.05) is 42.5 Å². The zero-order valence-corrected chi connectivity index (χ0v) is 12.5. The number of benzene rings is 3. The molecule has 0 aliphatic carbocycles. The topological polar surface area (TPSA) is 58.2 Å². The van der Waals surface area contributed by atoms with E-state index in [1.165, 1.54) is 0 Å². The lowest BCUT2D eigenvalue weighted by Gasteiger charge is -2.11. The Balaban J connectivity index is 1.74. The molecule has 4 nitrogen and oxygen atoms in total. The second-order valence-electron chi connectivity index (χ2n) is 5.83. The third-order valence-corrected chi connectivity index (χ3v) is 4.36. The largest absolute Gasteiger partial charge is 0.354 e. The number of fused-ring (bicyclic) bond motifs is 3. The molecule has 0 radical (unpaired) electrons. The lowest BCUT2D eigenvalue weighted by Crippen LogP contribution is -2.40. The molecule has 1 saturated heterocycles. The molecule has 23 heavy (non-hydrogen) atoms.